The normalized spacial score (nSPS) is 14.4. The van der Waals surface area contributed by atoms with E-state index in [0.717, 1.165) is 23.5 Å². The van der Waals surface area contributed by atoms with Gasteiger partial charge in [0.1, 0.15) is 0 Å². The molecule has 0 N–H and O–H groups in total. The molecule has 1 aliphatic rings. The van der Waals surface area contributed by atoms with E-state index in [2.05, 4.69) is 17.1 Å². The number of rotatable bonds is 5. The second-order valence-electron chi connectivity index (χ2n) is 5.74. The van der Waals surface area contributed by atoms with Crippen LogP contribution in [0.15, 0.2) is 48.1 Å². The molecule has 1 aliphatic carbocycles. The summed E-state index contributed by atoms with van der Waals surface area (Å²) < 4.78 is 1.98. The maximum absolute atomic E-state index is 12.7. The van der Waals surface area contributed by atoms with Gasteiger partial charge >= 0.3 is 0 Å². The Hall–Kier alpha value is -2.14. The summed E-state index contributed by atoms with van der Waals surface area (Å²) in [7, 11) is 0. The number of benzene rings is 1. The highest BCUT2D eigenvalue weighted by atomic mass is 32.1. The number of aromatic nitrogens is 2. The molecule has 1 saturated carbocycles. The summed E-state index contributed by atoms with van der Waals surface area (Å²) in [5.74, 6) is 0.178. The highest BCUT2D eigenvalue weighted by molar-refractivity contribution is 7.15. The molecule has 22 heavy (non-hydrogen) atoms. The van der Waals surface area contributed by atoms with Crippen LogP contribution in [0.2, 0.25) is 0 Å². The smallest absolute Gasteiger partial charge is 0.229 e. The molecule has 112 valence electrons. The number of amides is 1. The van der Waals surface area contributed by atoms with Crippen molar-refractivity contribution in [2.75, 3.05) is 0 Å². The van der Waals surface area contributed by atoms with E-state index in [-0.39, 0.29) is 5.91 Å². The number of imidazole rings is 1. The van der Waals surface area contributed by atoms with E-state index in [9.17, 15) is 4.79 Å². The molecule has 4 rings (SSSR count). The third kappa shape index (κ3) is 2.76. The van der Waals surface area contributed by atoms with Gasteiger partial charge in [0, 0.05) is 30.4 Å². The molecule has 0 radical (unpaired) electrons. The second-order valence-corrected chi connectivity index (χ2v) is 6.61. The zero-order valence-corrected chi connectivity index (χ0v) is 13.0. The minimum absolute atomic E-state index is 0.178. The van der Waals surface area contributed by atoms with Crippen molar-refractivity contribution < 1.29 is 4.79 Å². The molecule has 0 atom stereocenters. The molecule has 1 amide bonds. The van der Waals surface area contributed by atoms with Crippen LogP contribution in [0.5, 0.6) is 0 Å². The van der Waals surface area contributed by atoms with E-state index in [1.165, 1.54) is 5.56 Å². The van der Waals surface area contributed by atoms with Gasteiger partial charge in [-0.15, -0.1) is 11.3 Å². The van der Waals surface area contributed by atoms with Crippen LogP contribution in [-0.4, -0.2) is 26.2 Å². The van der Waals surface area contributed by atoms with Gasteiger partial charge in [0.15, 0.2) is 4.96 Å². The van der Waals surface area contributed by atoms with Gasteiger partial charge in [-0.2, -0.15) is 0 Å². The number of carbonyl (C=O) groups is 1. The maximum atomic E-state index is 12.7. The lowest BCUT2D eigenvalue weighted by atomic mass is 10.2. The summed E-state index contributed by atoms with van der Waals surface area (Å²) in [5.41, 5.74) is 2.05. The fourth-order valence-corrected chi connectivity index (χ4v) is 3.42. The first-order chi connectivity index (χ1) is 10.8. The lowest BCUT2D eigenvalue weighted by Crippen LogP contribution is -2.33. The van der Waals surface area contributed by atoms with E-state index < -0.39 is 0 Å². The van der Waals surface area contributed by atoms with Crippen LogP contribution in [0, 0.1) is 0 Å². The van der Waals surface area contributed by atoms with Crippen molar-refractivity contribution in [3.05, 3.63) is 59.4 Å². The van der Waals surface area contributed by atoms with Crippen LogP contribution in [0.3, 0.4) is 0 Å². The van der Waals surface area contributed by atoms with Gasteiger partial charge in [-0.1, -0.05) is 30.3 Å². The minimum Gasteiger partial charge on any atom is -0.335 e. The summed E-state index contributed by atoms with van der Waals surface area (Å²) in [6.07, 6.45) is 6.56. The average Bonchev–Trinajstić information content (AvgIpc) is 3.15. The van der Waals surface area contributed by atoms with Crippen molar-refractivity contribution in [3.8, 4) is 0 Å². The molecule has 4 nitrogen and oxygen atoms in total. The molecule has 0 spiro atoms. The predicted octanol–water partition coefficient (Wildman–Crippen LogP) is 3.13. The molecule has 2 heterocycles. The molecule has 1 aromatic carbocycles. The van der Waals surface area contributed by atoms with Crippen molar-refractivity contribution in [2.45, 2.75) is 31.8 Å². The van der Waals surface area contributed by atoms with Gasteiger partial charge in [-0.25, -0.2) is 4.98 Å². The van der Waals surface area contributed by atoms with Crippen molar-refractivity contribution in [1.29, 1.82) is 0 Å². The van der Waals surface area contributed by atoms with E-state index in [1.807, 2.05) is 45.3 Å². The summed E-state index contributed by atoms with van der Waals surface area (Å²) >= 11 is 1.59. The Balaban J connectivity index is 1.49. The van der Waals surface area contributed by atoms with Gasteiger partial charge in [-0.3, -0.25) is 9.20 Å². The standard InChI is InChI=1S/C17H17N3OS/c21-16(10-14-12-19-8-9-22-17(19)18-14)20(15-6-7-15)11-13-4-2-1-3-5-13/h1-5,8-9,12,15H,6-7,10-11H2. The van der Waals surface area contributed by atoms with Crippen LogP contribution in [-0.2, 0) is 17.8 Å². The molecule has 0 aliphatic heterocycles. The Kier molecular flexibility index (Phi) is 3.42. The van der Waals surface area contributed by atoms with Crippen LogP contribution in [0.25, 0.3) is 4.96 Å². The maximum Gasteiger partial charge on any atom is 0.229 e. The summed E-state index contributed by atoms with van der Waals surface area (Å²) in [6, 6.07) is 10.6. The van der Waals surface area contributed by atoms with Crippen molar-refractivity contribution >= 4 is 22.2 Å². The molecular formula is C17H17N3OS. The Labute approximate surface area is 133 Å². The SMILES string of the molecule is O=C(Cc1cn2ccsc2n1)N(Cc1ccccc1)C1CC1. The third-order valence-electron chi connectivity index (χ3n) is 3.98. The monoisotopic (exact) mass is 311 g/mol. The molecule has 3 aromatic rings. The molecule has 5 heteroatoms. The topological polar surface area (TPSA) is 37.6 Å². The summed E-state index contributed by atoms with van der Waals surface area (Å²) in [5, 5.41) is 2.00. The largest absolute Gasteiger partial charge is 0.335 e. The van der Waals surface area contributed by atoms with Gasteiger partial charge in [0.25, 0.3) is 0 Å². The molecule has 0 saturated heterocycles. The first-order valence-electron chi connectivity index (χ1n) is 7.54. The van der Waals surface area contributed by atoms with Gasteiger partial charge in [0.2, 0.25) is 5.91 Å². The lowest BCUT2D eigenvalue weighted by Gasteiger charge is -2.22. The lowest BCUT2D eigenvalue weighted by molar-refractivity contribution is -0.131. The number of fused-ring (bicyclic) bond motifs is 1. The number of hydrogen-bond donors (Lipinski definition) is 0. The van der Waals surface area contributed by atoms with Gasteiger partial charge < -0.3 is 4.90 Å². The fourth-order valence-electron chi connectivity index (χ4n) is 2.70. The van der Waals surface area contributed by atoms with Gasteiger partial charge in [-0.05, 0) is 18.4 Å². The number of carbonyl (C=O) groups excluding carboxylic acids is 1. The molecular weight excluding hydrogens is 294 g/mol. The van der Waals surface area contributed by atoms with E-state index in [4.69, 9.17) is 0 Å². The van der Waals surface area contributed by atoms with Crippen LogP contribution in [0.4, 0.5) is 0 Å². The van der Waals surface area contributed by atoms with E-state index >= 15 is 0 Å². The molecule has 2 aromatic heterocycles. The zero-order chi connectivity index (χ0) is 14.9. The summed E-state index contributed by atoms with van der Waals surface area (Å²) in [6.45, 7) is 0.701. The van der Waals surface area contributed by atoms with Crippen LogP contribution < -0.4 is 0 Å². The average molecular weight is 311 g/mol. The highest BCUT2D eigenvalue weighted by Crippen LogP contribution is 2.29. The Bertz CT molecular complexity index is 760. The minimum atomic E-state index is 0.178. The first-order valence-corrected chi connectivity index (χ1v) is 8.42. The van der Waals surface area contributed by atoms with Crippen molar-refractivity contribution in [1.82, 2.24) is 14.3 Å². The Morgan fingerprint density at radius 1 is 1.32 bits per heavy atom. The quantitative estimate of drug-likeness (QED) is 0.726. The number of hydrogen-bond acceptors (Lipinski definition) is 3. The van der Waals surface area contributed by atoms with Crippen molar-refractivity contribution in [2.24, 2.45) is 0 Å². The van der Waals surface area contributed by atoms with Crippen molar-refractivity contribution in [3.63, 3.8) is 0 Å². The Morgan fingerprint density at radius 3 is 2.86 bits per heavy atom. The third-order valence-corrected chi connectivity index (χ3v) is 4.75. The second kappa shape index (κ2) is 5.57. The summed E-state index contributed by atoms with van der Waals surface area (Å²) in [4.78, 5) is 20.2. The Morgan fingerprint density at radius 2 is 2.14 bits per heavy atom. The predicted molar refractivity (Wildman–Crippen MR) is 86.8 cm³/mol. The fraction of sp³-hybridized carbons (Fsp3) is 0.294. The van der Waals surface area contributed by atoms with E-state index in [0.29, 0.717) is 19.0 Å². The number of thiazole rings is 1. The molecule has 0 unspecified atom stereocenters. The number of nitrogens with zero attached hydrogens (tertiary/aromatic N) is 3. The van der Waals surface area contributed by atoms with Crippen LogP contribution >= 0.6 is 11.3 Å². The van der Waals surface area contributed by atoms with Gasteiger partial charge in [0.05, 0.1) is 12.1 Å². The zero-order valence-electron chi connectivity index (χ0n) is 12.2. The first kappa shape index (κ1) is 13.5. The van der Waals surface area contributed by atoms with Crippen LogP contribution in [0.1, 0.15) is 24.1 Å². The molecule has 0 bridgehead atoms. The van der Waals surface area contributed by atoms with E-state index in [1.54, 1.807) is 11.3 Å². The molecule has 1 fully saturated rings. The highest BCUT2D eigenvalue weighted by Gasteiger charge is 2.32.